The lowest BCUT2D eigenvalue weighted by molar-refractivity contribution is 0.286. The van der Waals surface area contributed by atoms with Crippen LogP contribution >= 0.6 is 0 Å². The average molecular weight is 148 g/mol. The summed E-state index contributed by atoms with van der Waals surface area (Å²) in [5.41, 5.74) is 0.810. The van der Waals surface area contributed by atoms with Crippen LogP contribution < -0.4 is 0 Å². The molecule has 1 unspecified atom stereocenters. The van der Waals surface area contributed by atoms with Gasteiger partial charge < -0.3 is 5.11 Å². The van der Waals surface area contributed by atoms with Crippen LogP contribution in [-0.2, 0) is 0 Å². The highest BCUT2D eigenvalue weighted by Crippen LogP contribution is 2.11. The summed E-state index contributed by atoms with van der Waals surface area (Å²) in [6, 6.07) is 5.44. The topological polar surface area (TPSA) is 56.9 Å². The highest BCUT2D eigenvalue weighted by molar-refractivity contribution is 5.21. The van der Waals surface area contributed by atoms with Crippen LogP contribution in [0.2, 0.25) is 0 Å². The van der Waals surface area contributed by atoms with Gasteiger partial charge in [-0.25, -0.2) is 0 Å². The lowest BCUT2D eigenvalue weighted by Gasteiger charge is -2.02. The van der Waals surface area contributed by atoms with Gasteiger partial charge in [0.1, 0.15) is 0 Å². The number of nitrogens with zero attached hydrogens (tertiary/aromatic N) is 2. The summed E-state index contributed by atoms with van der Waals surface area (Å²) in [7, 11) is 0. The molecule has 0 aromatic carbocycles. The molecule has 0 aliphatic heterocycles. The molecule has 0 fully saturated rings. The van der Waals surface area contributed by atoms with Crippen LogP contribution in [0.15, 0.2) is 24.5 Å². The minimum Gasteiger partial charge on any atom is -0.395 e. The van der Waals surface area contributed by atoms with Crippen LogP contribution in [0.4, 0.5) is 0 Å². The van der Waals surface area contributed by atoms with E-state index in [1.165, 1.54) is 0 Å². The zero-order chi connectivity index (χ0) is 8.10. The maximum Gasteiger partial charge on any atom is 0.0944 e. The predicted molar refractivity (Wildman–Crippen MR) is 39.7 cm³/mol. The van der Waals surface area contributed by atoms with Crippen molar-refractivity contribution in [2.45, 2.75) is 5.92 Å². The van der Waals surface area contributed by atoms with Crippen LogP contribution in [0.5, 0.6) is 0 Å². The first-order valence-corrected chi connectivity index (χ1v) is 3.29. The maximum atomic E-state index is 8.74. The summed E-state index contributed by atoms with van der Waals surface area (Å²) in [5.74, 6) is -0.419. The Morgan fingerprint density at radius 2 is 2.18 bits per heavy atom. The molecule has 1 rings (SSSR count). The molecule has 0 aliphatic rings. The number of aliphatic hydroxyl groups is 1. The summed E-state index contributed by atoms with van der Waals surface area (Å²) in [5, 5.41) is 17.3. The van der Waals surface area contributed by atoms with Crippen LogP contribution in [-0.4, -0.2) is 16.7 Å². The Bertz CT molecular complexity index is 253. The first kappa shape index (κ1) is 7.70. The third kappa shape index (κ3) is 1.76. The van der Waals surface area contributed by atoms with Crippen molar-refractivity contribution in [2.75, 3.05) is 6.61 Å². The molecule has 11 heavy (non-hydrogen) atoms. The summed E-state index contributed by atoms with van der Waals surface area (Å²) in [6.45, 7) is -0.138. The molecule has 1 atom stereocenters. The fourth-order valence-corrected chi connectivity index (χ4v) is 0.817. The zero-order valence-electron chi connectivity index (χ0n) is 5.94. The number of nitriles is 1. The van der Waals surface area contributed by atoms with Gasteiger partial charge >= 0.3 is 0 Å². The summed E-state index contributed by atoms with van der Waals surface area (Å²) >= 11 is 0. The van der Waals surface area contributed by atoms with Gasteiger partial charge in [0.05, 0.1) is 18.6 Å². The zero-order valence-corrected chi connectivity index (χ0v) is 5.94. The number of aromatic nitrogens is 1. The average Bonchev–Trinajstić information content (AvgIpc) is 2.09. The highest BCUT2D eigenvalue weighted by atomic mass is 16.3. The molecule has 0 spiro atoms. The molecule has 56 valence electrons. The normalized spacial score (nSPS) is 12.0. The number of hydrogen-bond donors (Lipinski definition) is 1. The Kier molecular flexibility index (Phi) is 2.59. The molecule has 0 radical (unpaired) electrons. The SMILES string of the molecule is N#CC(CO)c1ccncc1. The third-order valence-corrected chi connectivity index (χ3v) is 1.45. The van der Waals surface area contributed by atoms with E-state index >= 15 is 0 Å². The molecule has 1 heterocycles. The van der Waals surface area contributed by atoms with Crippen LogP contribution in [0.25, 0.3) is 0 Å². The van der Waals surface area contributed by atoms with Gasteiger partial charge in [0, 0.05) is 12.4 Å². The van der Waals surface area contributed by atoms with E-state index in [1.807, 2.05) is 6.07 Å². The third-order valence-electron chi connectivity index (χ3n) is 1.45. The van der Waals surface area contributed by atoms with Crippen molar-refractivity contribution in [3.05, 3.63) is 30.1 Å². The fourth-order valence-electron chi connectivity index (χ4n) is 0.817. The van der Waals surface area contributed by atoms with Crippen LogP contribution in [0.1, 0.15) is 11.5 Å². The maximum absolute atomic E-state index is 8.74. The molecule has 3 nitrogen and oxygen atoms in total. The van der Waals surface area contributed by atoms with E-state index in [1.54, 1.807) is 24.5 Å². The summed E-state index contributed by atoms with van der Waals surface area (Å²) in [4.78, 5) is 3.81. The largest absolute Gasteiger partial charge is 0.395 e. The molecular weight excluding hydrogens is 140 g/mol. The standard InChI is InChI=1S/C8H8N2O/c9-5-8(6-11)7-1-3-10-4-2-7/h1-4,8,11H,6H2. The molecule has 0 saturated heterocycles. The predicted octanol–water partition coefficient (Wildman–Crippen LogP) is 0.681. The van der Waals surface area contributed by atoms with Crippen molar-refractivity contribution < 1.29 is 5.11 Å². The van der Waals surface area contributed by atoms with Gasteiger partial charge in [0.25, 0.3) is 0 Å². The Hall–Kier alpha value is -1.40. The van der Waals surface area contributed by atoms with Gasteiger partial charge in [-0.1, -0.05) is 0 Å². The Labute approximate surface area is 64.9 Å². The monoisotopic (exact) mass is 148 g/mol. The molecule has 1 aromatic heterocycles. The number of hydrogen-bond acceptors (Lipinski definition) is 3. The van der Waals surface area contributed by atoms with Crippen molar-refractivity contribution in [3.8, 4) is 6.07 Å². The number of pyridine rings is 1. The molecule has 0 amide bonds. The van der Waals surface area contributed by atoms with Gasteiger partial charge in [-0.05, 0) is 17.7 Å². The van der Waals surface area contributed by atoms with Gasteiger partial charge in [-0.2, -0.15) is 5.26 Å². The first-order valence-electron chi connectivity index (χ1n) is 3.29. The van der Waals surface area contributed by atoms with E-state index in [4.69, 9.17) is 10.4 Å². The second-order valence-corrected chi connectivity index (χ2v) is 2.14. The van der Waals surface area contributed by atoms with E-state index in [0.717, 1.165) is 5.56 Å². The van der Waals surface area contributed by atoms with Crippen LogP contribution in [0, 0.1) is 11.3 Å². The minimum absolute atomic E-state index is 0.138. The van der Waals surface area contributed by atoms with E-state index in [9.17, 15) is 0 Å². The molecule has 0 aliphatic carbocycles. The minimum atomic E-state index is -0.419. The fraction of sp³-hybridized carbons (Fsp3) is 0.250. The van der Waals surface area contributed by atoms with Crippen molar-refractivity contribution in [1.82, 2.24) is 4.98 Å². The Morgan fingerprint density at radius 3 is 2.64 bits per heavy atom. The highest BCUT2D eigenvalue weighted by Gasteiger charge is 2.06. The van der Waals surface area contributed by atoms with Gasteiger partial charge in [-0.15, -0.1) is 0 Å². The van der Waals surface area contributed by atoms with Crippen molar-refractivity contribution in [2.24, 2.45) is 0 Å². The Morgan fingerprint density at radius 1 is 1.55 bits per heavy atom. The van der Waals surface area contributed by atoms with Crippen LogP contribution in [0.3, 0.4) is 0 Å². The molecule has 1 N–H and O–H groups in total. The van der Waals surface area contributed by atoms with Crippen molar-refractivity contribution >= 4 is 0 Å². The number of aliphatic hydroxyl groups excluding tert-OH is 1. The van der Waals surface area contributed by atoms with Crippen molar-refractivity contribution in [3.63, 3.8) is 0 Å². The second kappa shape index (κ2) is 3.69. The van der Waals surface area contributed by atoms with E-state index in [2.05, 4.69) is 4.98 Å². The first-order chi connectivity index (χ1) is 5.38. The van der Waals surface area contributed by atoms with Gasteiger partial charge in [0.2, 0.25) is 0 Å². The van der Waals surface area contributed by atoms with Gasteiger partial charge in [0.15, 0.2) is 0 Å². The smallest absolute Gasteiger partial charge is 0.0944 e. The molecule has 0 saturated carbocycles. The Balaban J connectivity index is 2.85. The summed E-state index contributed by atoms with van der Waals surface area (Å²) in [6.07, 6.45) is 3.21. The molecule has 1 aromatic rings. The summed E-state index contributed by atoms with van der Waals surface area (Å²) < 4.78 is 0. The quantitative estimate of drug-likeness (QED) is 0.671. The van der Waals surface area contributed by atoms with E-state index in [0.29, 0.717) is 0 Å². The molecule has 3 heteroatoms. The van der Waals surface area contributed by atoms with Gasteiger partial charge in [-0.3, -0.25) is 4.98 Å². The molecular formula is C8H8N2O. The lowest BCUT2D eigenvalue weighted by Crippen LogP contribution is -2.00. The second-order valence-electron chi connectivity index (χ2n) is 2.14. The van der Waals surface area contributed by atoms with Crippen molar-refractivity contribution in [1.29, 1.82) is 5.26 Å². The van der Waals surface area contributed by atoms with E-state index in [-0.39, 0.29) is 6.61 Å². The van der Waals surface area contributed by atoms with E-state index < -0.39 is 5.92 Å². The lowest BCUT2D eigenvalue weighted by atomic mass is 10.0. The number of rotatable bonds is 2. The molecule has 0 bridgehead atoms.